The zero-order valence-corrected chi connectivity index (χ0v) is 26.9. The number of hydrogen-bond acceptors (Lipinski definition) is 11. The molecule has 2 aromatic carbocycles. The van der Waals surface area contributed by atoms with Gasteiger partial charge >= 0.3 is 0 Å². The van der Waals surface area contributed by atoms with E-state index < -0.39 is 11.4 Å². The van der Waals surface area contributed by atoms with E-state index in [-0.39, 0.29) is 17.9 Å². The van der Waals surface area contributed by atoms with Crippen LogP contribution in [0.4, 0.5) is 21.7 Å². The summed E-state index contributed by atoms with van der Waals surface area (Å²) >= 11 is 0. The van der Waals surface area contributed by atoms with E-state index in [1.165, 1.54) is 18.5 Å². The van der Waals surface area contributed by atoms with Crippen molar-refractivity contribution >= 4 is 28.4 Å². The highest BCUT2D eigenvalue weighted by Gasteiger charge is 2.18. The number of halogens is 1. The maximum atomic E-state index is 14.1. The lowest BCUT2D eigenvalue weighted by Gasteiger charge is -2.26. The van der Waals surface area contributed by atoms with Gasteiger partial charge in [-0.15, -0.1) is 0 Å². The van der Waals surface area contributed by atoms with Gasteiger partial charge in [0.1, 0.15) is 18.1 Å². The van der Waals surface area contributed by atoms with Gasteiger partial charge < -0.3 is 25.4 Å². The SMILES string of the molecule is O=c1c(C#COc2ccccc2F)cc2cnc(Nc3ccc(NC4CCCNC4)cc3)nc2n1Cc1cncnc1CN1CCOCC1. The van der Waals surface area contributed by atoms with E-state index in [0.29, 0.717) is 42.8 Å². The van der Waals surface area contributed by atoms with E-state index >= 15 is 0 Å². The molecule has 5 aromatic rings. The van der Waals surface area contributed by atoms with Gasteiger partial charge in [-0.2, -0.15) is 4.98 Å². The van der Waals surface area contributed by atoms with Crippen LogP contribution in [0.25, 0.3) is 11.0 Å². The third kappa shape index (κ3) is 8.01. The summed E-state index contributed by atoms with van der Waals surface area (Å²) in [6, 6.07) is 15.9. The van der Waals surface area contributed by atoms with Crippen LogP contribution in [0, 0.1) is 17.8 Å². The molecule has 12 nitrogen and oxygen atoms in total. The number of para-hydroxylation sites is 1. The van der Waals surface area contributed by atoms with Gasteiger partial charge in [-0.25, -0.2) is 19.3 Å². The summed E-state index contributed by atoms with van der Waals surface area (Å²) in [5, 5.41) is 10.9. The molecule has 0 bridgehead atoms. The largest absolute Gasteiger partial charge is 0.404 e. The van der Waals surface area contributed by atoms with Gasteiger partial charge in [-0.05, 0) is 67.8 Å². The molecule has 7 rings (SSSR count). The number of ether oxygens (including phenoxy) is 2. The van der Waals surface area contributed by atoms with Gasteiger partial charge in [0, 0.05) is 66.9 Å². The van der Waals surface area contributed by atoms with Crippen LogP contribution < -0.4 is 26.2 Å². The molecule has 2 aliphatic heterocycles. The molecule has 0 spiro atoms. The summed E-state index contributed by atoms with van der Waals surface area (Å²) in [5.74, 6) is 2.52. The van der Waals surface area contributed by atoms with Crippen LogP contribution in [0.3, 0.4) is 0 Å². The van der Waals surface area contributed by atoms with Gasteiger partial charge in [-0.3, -0.25) is 14.3 Å². The molecular weight excluding hydrogens is 625 g/mol. The molecule has 0 saturated carbocycles. The number of nitrogens with one attached hydrogen (secondary N) is 3. The monoisotopic (exact) mass is 661 g/mol. The molecule has 0 radical (unpaired) electrons. The number of piperidine rings is 1. The molecule has 5 heterocycles. The molecule has 250 valence electrons. The Bertz CT molecular complexity index is 2030. The lowest BCUT2D eigenvalue weighted by molar-refractivity contribution is 0.0335. The molecule has 13 heteroatoms. The summed E-state index contributed by atoms with van der Waals surface area (Å²) in [4.78, 5) is 34.5. The summed E-state index contributed by atoms with van der Waals surface area (Å²) in [5.41, 5.74) is 3.59. The fourth-order valence-corrected chi connectivity index (χ4v) is 5.91. The van der Waals surface area contributed by atoms with Crippen LogP contribution >= 0.6 is 0 Å². The van der Waals surface area contributed by atoms with Crippen LogP contribution in [-0.2, 0) is 17.8 Å². The van der Waals surface area contributed by atoms with Crippen LogP contribution in [-0.4, -0.2) is 74.8 Å². The van der Waals surface area contributed by atoms with Crippen LogP contribution in [0.2, 0.25) is 0 Å². The van der Waals surface area contributed by atoms with Crippen molar-refractivity contribution in [1.82, 2.24) is 34.7 Å². The highest BCUT2D eigenvalue weighted by molar-refractivity contribution is 5.77. The van der Waals surface area contributed by atoms with Gasteiger partial charge in [0.15, 0.2) is 11.6 Å². The topological polar surface area (TPSA) is 131 Å². The molecule has 0 amide bonds. The highest BCUT2D eigenvalue weighted by Crippen LogP contribution is 2.21. The molecule has 2 aliphatic rings. The zero-order valence-electron chi connectivity index (χ0n) is 26.9. The van der Waals surface area contributed by atoms with E-state index in [2.05, 4.69) is 47.8 Å². The fourth-order valence-electron chi connectivity index (χ4n) is 5.91. The summed E-state index contributed by atoms with van der Waals surface area (Å²) in [6.45, 7) is 5.64. The van der Waals surface area contributed by atoms with E-state index in [1.54, 1.807) is 35.2 Å². The molecule has 2 fully saturated rings. The van der Waals surface area contributed by atoms with Crippen molar-refractivity contribution < 1.29 is 13.9 Å². The Hall–Kier alpha value is -5.42. The third-order valence-corrected chi connectivity index (χ3v) is 8.51. The molecule has 2 saturated heterocycles. The van der Waals surface area contributed by atoms with Gasteiger partial charge in [0.2, 0.25) is 5.95 Å². The lowest BCUT2D eigenvalue weighted by atomic mass is 10.1. The summed E-state index contributed by atoms with van der Waals surface area (Å²) in [7, 11) is 0. The van der Waals surface area contributed by atoms with E-state index in [1.807, 2.05) is 24.3 Å². The van der Waals surface area contributed by atoms with E-state index in [9.17, 15) is 9.18 Å². The summed E-state index contributed by atoms with van der Waals surface area (Å²) < 4.78 is 26.5. The van der Waals surface area contributed by atoms with Gasteiger partial charge in [0.25, 0.3) is 5.56 Å². The molecular formula is C36H36FN9O3. The summed E-state index contributed by atoms with van der Waals surface area (Å²) in [6.07, 6.45) is 9.66. The highest BCUT2D eigenvalue weighted by atomic mass is 19.1. The smallest absolute Gasteiger partial charge is 0.268 e. The number of hydrogen-bond donors (Lipinski definition) is 3. The number of pyridine rings is 1. The first-order chi connectivity index (χ1) is 24.1. The third-order valence-electron chi connectivity index (χ3n) is 8.51. The minimum atomic E-state index is -0.551. The lowest BCUT2D eigenvalue weighted by Crippen LogP contribution is -2.38. The van der Waals surface area contributed by atoms with Crippen molar-refractivity contribution in [3.8, 4) is 17.8 Å². The first-order valence-electron chi connectivity index (χ1n) is 16.3. The number of aromatic nitrogens is 5. The standard InChI is InChI=1S/C36H36FN9O3/c37-31-5-1-2-6-33(31)49-15-11-25-18-26-20-40-36(43-29-9-7-28(8-10-29)42-30-4-3-12-38-21-30)44-34(26)46(35(25)47)22-27-19-39-24-41-32(27)23-45-13-16-48-17-14-45/h1-2,5-10,18-20,24,30,38,42H,3-4,12-14,16-17,21-23H2,(H,40,43,44). The normalized spacial score (nSPS) is 16.5. The minimum absolute atomic E-state index is 0.0286. The zero-order chi connectivity index (χ0) is 33.4. The Morgan fingerprint density at radius 1 is 1.04 bits per heavy atom. The quantitative estimate of drug-likeness (QED) is 0.199. The molecule has 0 aliphatic carbocycles. The predicted molar refractivity (Wildman–Crippen MR) is 184 cm³/mol. The number of benzene rings is 2. The van der Waals surface area contributed by atoms with Crippen molar-refractivity contribution in [2.24, 2.45) is 0 Å². The second-order valence-corrected chi connectivity index (χ2v) is 12.0. The second kappa shape index (κ2) is 15.2. The van der Waals surface area contributed by atoms with E-state index in [4.69, 9.17) is 14.5 Å². The number of fused-ring (bicyclic) bond motifs is 1. The van der Waals surface area contributed by atoms with Crippen LogP contribution in [0.1, 0.15) is 29.7 Å². The Balaban J connectivity index is 1.20. The van der Waals surface area contributed by atoms with Crippen molar-refractivity contribution in [2.45, 2.75) is 32.0 Å². The minimum Gasteiger partial charge on any atom is -0.404 e. The van der Waals surface area contributed by atoms with Crippen LogP contribution in [0.5, 0.6) is 5.75 Å². The molecule has 3 N–H and O–H groups in total. The molecule has 3 aromatic heterocycles. The maximum Gasteiger partial charge on any atom is 0.268 e. The number of rotatable bonds is 9. The molecule has 1 atom stereocenters. The van der Waals surface area contributed by atoms with Gasteiger partial charge in [0.05, 0.1) is 31.0 Å². The fraction of sp³-hybridized carbons (Fsp3) is 0.306. The number of anilines is 3. The molecule has 1 unspecified atom stereocenters. The van der Waals surface area contributed by atoms with Crippen LogP contribution in [0.15, 0.2) is 78.1 Å². The Morgan fingerprint density at radius 3 is 2.69 bits per heavy atom. The number of morpholine rings is 1. The predicted octanol–water partition coefficient (Wildman–Crippen LogP) is 3.90. The second-order valence-electron chi connectivity index (χ2n) is 12.0. The first kappa shape index (κ1) is 32.1. The van der Waals surface area contributed by atoms with Crippen molar-refractivity contribution in [1.29, 1.82) is 0 Å². The Labute approximate surface area is 282 Å². The molecule has 49 heavy (non-hydrogen) atoms. The Morgan fingerprint density at radius 2 is 1.88 bits per heavy atom. The van der Waals surface area contributed by atoms with Crippen molar-refractivity contribution in [2.75, 3.05) is 50.0 Å². The average Bonchev–Trinajstić information content (AvgIpc) is 3.13. The Kier molecular flexibility index (Phi) is 9.97. The van der Waals surface area contributed by atoms with Crippen molar-refractivity contribution in [3.05, 3.63) is 106 Å². The van der Waals surface area contributed by atoms with E-state index in [0.717, 1.165) is 61.7 Å². The maximum absolute atomic E-state index is 14.1. The average molecular weight is 662 g/mol. The number of nitrogens with zero attached hydrogens (tertiary/aromatic N) is 6. The first-order valence-corrected chi connectivity index (χ1v) is 16.3. The van der Waals surface area contributed by atoms with Crippen molar-refractivity contribution in [3.63, 3.8) is 0 Å². The van der Waals surface area contributed by atoms with Gasteiger partial charge in [-0.1, -0.05) is 12.1 Å².